The van der Waals surface area contributed by atoms with Crippen molar-refractivity contribution in [3.05, 3.63) is 0 Å². The molecule has 1 aliphatic rings. The molecular weight excluding hydrogens is 254 g/mol. The number of carbonyl (C=O) groups is 2. The Kier molecular flexibility index (Phi) is 3.15. The van der Waals surface area contributed by atoms with Gasteiger partial charge in [0.2, 0.25) is 6.10 Å². The highest BCUT2D eigenvalue weighted by atomic mass is 32.2. The van der Waals surface area contributed by atoms with Crippen LogP contribution in [0.1, 0.15) is 6.42 Å². The van der Waals surface area contributed by atoms with Crippen LogP contribution in [0.3, 0.4) is 0 Å². The number of rotatable bonds is 3. The van der Waals surface area contributed by atoms with Gasteiger partial charge in [-0.1, -0.05) is 0 Å². The molecule has 1 saturated heterocycles. The van der Waals surface area contributed by atoms with Crippen LogP contribution in [0.5, 0.6) is 0 Å². The number of carbonyl (C=O) groups excluding carboxylic acids is 2. The average Bonchev–Trinajstić information content (AvgIpc) is 2.49. The summed E-state index contributed by atoms with van der Waals surface area (Å²) in [4.78, 5) is 21.4. The molecule has 0 N–H and O–H groups in total. The summed E-state index contributed by atoms with van der Waals surface area (Å²) in [6, 6.07) is 0. The quantitative estimate of drug-likeness (QED) is 0.471. The van der Waals surface area contributed by atoms with Gasteiger partial charge in [0.25, 0.3) is 0 Å². The highest BCUT2D eigenvalue weighted by molar-refractivity contribution is 7.87. The molecule has 0 saturated carbocycles. The van der Waals surface area contributed by atoms with Gasteiger partial charge in [-0.15, -0.1) is 0 Å². The summed E-state index contributed by atoms with van der Waals surface area (Å²) in [5, 5.41) is -5.21. The van der Waals surface area contributed by atoms with Crippen LogP contribution >= 0.6 is 0 Å². The second kappa shape index (κ2) is 3.94. The van der Waals surface area contributed by atoms with Crippen molar-refractivity contribution in [3.8, 4) is 0 Å². The molecule has 1 atom stereocenters. The Labute approximate surface area is 88.1 Å². The third-order valence-corrected chi connectivity index (χ3v) is 2.48. The van der Waals surface area contributed by atoms with Gasteiger partial charge < -0.3 is 14.0 Å². The summed E-state index contributed by atoms with van der Waals surface area (Å²) in [6.07, 6.45) is -1.76. The maximum absolute atomic E-state index is 12.6. The van der Waals surface area contributed by atoms with Gasteiger partial charge in [-0.25, -0.2) is 18.0 Å². The number of halogens is 2. The van der Waals surface area contributed by atoms with Crippen LogP contribution in [0.2, 0.25) is 0 Å². The zero-order valence-electron chi connectivity index (χ0n) is 7.51. The van der Waals surface area contributed by atoms with Crippen LogP contribution in [0.4, 0.5) is 8.78 Å². The lowest BCUT2D eigenvalue weighted by atomic mass is 10.3. The van der Waals surface area contributed by atoms with E-state index in [2.05, 4.69) is 9.47 Å². The topological polar surface area (TPSA) is 110 Å². The van der Waals surface area contributed by atoms with E-state index in [-0.39, 0.29) is 13.0 Å². The second-order valence-electron chi connectivity index (χ2n) is 2.82. The molecule has 16 heavy (non-hydrogen) atoms. The first-order valence-electron chi connectivity index (χ1n) is 3.87. The van der Waals surface area contributed by atoms with E-state index in [1.165, 1.54) is 0 Å². The Bertz CT molecular complexity index is 415. The van der Waals surface area contributed by atoms with Crippen LogP contribution in [-0.2, 0) is 29.2 Å². The molecule has 0 aromatic heterocycles. The van der Waals surface area contributed by atoms with Crippen LogP contribution in [0, 0.1) is 0 Å². The number of cyclic esters (lactones) is 1. The van der Waals surface area contributed by atoms with E-state index in [0.717, 1.165) is 0 Å². The van der Waals surface area contributed by atoms with Crippen molar-refractivity contribution in [3.63, 3.8) is 0 Å². The largest absolute Gasteiger partial charge is 0.743 e. The van der Waals surface area contributed by atoms with Crippen molar-refractivity contribution < 1.29 is 40.8 Å². The van der Waals surface area contributed by atoms with E-state index in [4.69, 9.17) is 0 Å². The van der Waals surface area contributed by atoms with E-state index in [1.54, 1.807) is 0 Å². The van der Waals surface area contributed by atoms with Gasteiger partial charge in [0.1, 0.15) is 0 Å². The fourth-order valence-electron chi connectivity index (χ4n) is 0.884. The molecule has 0 bridgehead atoms. The molecule has 1 rings (SSSR count). The fourth-order valence-corrected chi connectivity index (χ4v) is 1.14. The molecule has 0 radical (unpaired) electrons. The van der Waals surface area contributed by atoms with Crippen molar-refractivity contribution >= 4 is 22.1 Å². The lowest BCUT2D eigenvalue weighted by Crippen LogP contribution is -2.41. The van der Waals surface area contributed by atoms with E-state index < -0.39 is 33.4 Å². The first-order valence-corrected chi connectivity index (χ1v) is 5.28. The lowest BCUT2D eigenvalue weighted by Gasteiger charge is -2.19. The van der Waals surface area contributed by atoms with E-state index in [1.807, 2.05) is 0 Å². The molecule has 0 amide bonds. The third-order valence-electron chi connectivity index (χ3n) is 1.69. The Morgan fingerprint density at radius 3 is 2.50 bits per heavy atom. The standard InChI is InChI=1S/C6H6F2O7S/c7-6(8,16(11,12)13)5(10)15-3-1-2-14-4(3)9/h3H,1-2H2,(H,11,12,13)/p-1. The van der Waals surface area contributed by atoms with Crippen LogP contribution < -0.4 is 0 Å². The monoisotopic (exact) mass is 259 g/mol. The molecule has 1 heterocycles. The molecule has 0 aromatic carbocycles. The highest BCUT2D eigenvalue weighted by Crippen LogP contribution is 2.24. The summed E-state index contributed by atoms with van der Waals surface area (Å²) in [5.74, 6) is -3.64. The summed E-state index contributed by atoms with van der Waals surface area (Å²) in [6.45, 7) is -0.132. The Morgan fingerprint density at radius 2 is 2.12 bits per heavy atom. The minimum atomic E-state index is -6.17. The zero-order chi connectivity index (χ0) is 12.6. The zero-order valence-corrected chi connectivity index (χ0v) is 8.33. The van der Waals surface area contributed by atoms with E-state index in [9.17, 15) is 31.3 Å². The Morgan fingerprint density at radius 1 is 1.56 bits per heavy atom. The SMILES string of the molecule is O=C1OCCC1OC(=O)C(F)(F)S(=O)(=O)[O-]. The van der Waals surface area contributed by atoms with Crippen molar-refractivity contribution in [1.29, 1.82) is 0 Å². The van der Waals surface area contributed by atoms with Gasteiger partial charge in [0, 0.05) is 6.42 Å². The van der Waals surface area contributed by atoms with Gasteiger partial charge >= 0.3 is 17.2 Å². The molecule has 92 valence electrons. The molecule has 10 heteroatoms. The van der Waals surface area contributed by atoms with Gasteiger partial charge in [-0.2, -0.15) is 8.78 Å². The summed E-state index contributed by atoms with van der Waals surface area (Å²) >= 11 is 0. The molecule has 1 fully saturated rings. The Balaban J connectivity index is 2.76. The van der Waals surface area contributed by atoms with Gasteiger partial charge in [-0.3, -0.25) is 0 Å². The van der Waals surface area contributed by atoms with Crippen molar-refractivity contribution in [2.24, 2.45) is 0 Å². The second-order valence-corrected chi connectivity index (χ2v) is 4.24. The van der Waals surface area contributed by atoms with Crippen molar-refractivity contribution in [2.75, 3.05) is 6.61 Å². The number of hydrogen-bond acceptors (Lipinski definition) is 7. The predicted molar refractivity (Wildman–Crippen MR) is 40.1 cm³/mol. The van der Waals surface area contributed by atoms with Crippen LogP contribution in [-0.4, -0.2) is 42.9 Å². The van der Waals surface area contributed by atoms with Crippen LogP contribution in [0.25, 0.3) is 0 Å². The van der Waals surface area contributed by atoms with E-state index >= 15 is 0 Å². The molecule has 7 nitrogen and oxygen atoms in total. The normalized spacial score (nSPS) is 21.7. The number of hydrogen-bond donors (Lipinski definition) is 0. The predicted octanol–water partition coefficient (Wildman–Crippen LogP) is -1.02. The first kappa shape index (κ1) is 12.8. The number of ether oxygens (including phenoxy) is 2. The summed E-state index contributed by atoms with van der Waals surface area (Å²) < 4.78 is 63.4. The fraction of sp³-hybridized carbons (Fsp3) is 0.667. The molecule has 0 aromatic rings. The molecular formula is C6H5F2O7S-. The maximum atomic E-state index is 12.6. The minimum Gasteiger partial charge on any atom is -0.743 e. The Hall–Kier alpha value is -1.29. The van der Waals surface area contributed by atoms with Crippen molar-refractivity contribution in [1.82, 2.24) is 0 Å². The van der Waals surface area contributed by atoms with Crippen LogP contribution in [0.15, 0.2) is 0 Å². The highest BCUT2D eigenvalue weighted by Gasteiger charge is 2.50. The summed E-state index contributed by atoms with van der Waals surface area (Å²) in [7, 11) is -6.17. The molecule has 0 spiro atoms. The molecule has 1 unspecified atom stereocenters. The maximum Gasteiger partial charge on any atom is 0.428 e. The lowest BCUT2D eigenvalue weighted by molar-refractivity contribution is -0.172. The van der Waals surface area contributed by atoms with E-state index in [0.29, 0.717) is 0 Å². The van der Waals surface area contributed by atoms with Gasteiger partial charge in [0.05, 0.1) is 6.61 Å². The minimum absolute atomic E-state index is 0.132. The first-order chi connectivity index (χ1) is 7.16. The number of esters is 2. The van der Waals surface area contributed by atoms with Crippen molar-refractivity contribution in [2.45, 2.75) is 17.8 Å². The van der Waals surface area contributed by atoms with Gasteiger partial charge in [0.15, 0.2) is 10.1 Å². The number of alkyl halides is 2. The molecule has 0 aliphatic carbocycles. The average molecular weight is 259 g/mol. The van der Waals surface area contributed by atoms with Gasteiger partial charge in [-0.05, 0) is 0 Å². The molecule has 1 aliphatic heterocycles. The summed E-state index contributed by atoms with van der Waals surface area (Å²) in [5.41, 5.74) is 0. The smallest absolute Gasteiger partial charge is 0.428 e. The third kappa shape index (κ3) is 2.27.